The molecule has 3 aromatic rings. The number of amides is 2. The van der Waals surface area contributed by atoms with Crippen molar-refractivity contribution < 1.29 is 14.0 Å². The molecule has 0 radical (unpaired) electrons. The van der Waals surface area contributed by atoms with Crippen molar-refractivity contribution in [1.29, 1.82) is 0 Å². The maximum Gasteiger partial charge on any atom is 0.242 e. The summed E-state index contributed by atoms with van der Waals surface area (Å²) in [6, 6.07) is 20.2. The Bertz CT molecular complexity index is 1070. The van der Waals surface area contributed by atoms with E-state index in [1.807, 2.05) is 63.2 Å². The minimum Gasteiger partial charge on any atom is -0.332 e. The van der Waals surface area contributed by atoms with Crippen LogP contribution < -0.4 is 0 Å². The molecule has 180 valence electrons. The van der Waals surface area contributed by atoms with Crippen molar-refractivity contribution >= 4 is 23.2 Å². The summed E-state index contributed by atoms with van der Waals surface area (Å²) in [6.07, 6.45) is 1.78. The number of nitrogens with zero attached hydrogens (tertiary/aromatic N) is 2. The standard InChI is InChI=1S/C28H33FN2O2S/c1-4-21(2)31(27(32)17-13-23-8-6-5-7-9-23)20-28(33)30(19-26-16-10-22(3)34-26)18-24-11-14-25(29)15-12-24/h5-12,14-16,21H,4,13,17-20H2,1-3H3/t21-/m1/s1. The molecule has 1 atom stereocenters. The first-order valence-electron chi connectivity index (χ1n) is 11.8. The molecule has 0 bridgehead atoms. The predicted molar refractivity (Wildman–Crippen MR) is 136 cm³/mol. The van der Waals surface area contributed by atoms with E-state index in [0.29, 0.717) is 25.9 Å². The number of hydrogen-bond acceptors (Lipinski definition) is 3. The maximum atomic E-state index is 13.5. The summed E-state index contributed by atoms with van der Waals surface area (Å²) in [5, 5.41) is 0. The maximum absolute atomic E-state index is 13.5. The van der Waals surface area contributed by atoms with Gasteiger partial charge in [0, 0.05) is 28.8 Å². The number of benzene rings is 2. The summed E-state index contributed by atoms with van der Waals surface area (Å²) in [5.74, 6) is -0.425. The summed E-state index contributed by atoms with van der Waals surface area (Å²) in [4.78, 5) is 32.4. The van der Waals surface area contributed by atoms with Crippen LogP contribution in [0.3, 0.4) is 0 Å². The number of hydrogen-bond donors (Lipinski definition) is 0. The topological polar surface area (TPSA) is 40.6 Å². The largest absolute Gasteiger partial charge is 0.332 e. The summed E-state index contributed by atoms with van der Waals surface area (Å²) >= 11 is 1.65. The van der Waals surface area contributed by atoms with E-state index in [2.05, 4.69) is 0 Å². The highest BCUT2D eigenvalue weighted by Gasteiger charge is 2.25. The molecular formula is C28H33FN2O2S. The van der Waals surface area contributed by atoms with E-state index in [4.69, 9.17) is 0 Å². The minimum absolute atomic E-state index is 0.0137. The van der Waals surface area contributed by atoms with Crippen molar-refractivity contribution in [3.63, 3.8) is 0 Å². The zero-order chi connectivity index (χ0) is 24.5. The van der Waals surface area contributed by atoms with Crippen molar-refractivity contribution in [3.05, 3.63) is 93.4 Å². The molecule has 1 heterocycles. The van der Waals surface area contributed by atoms with Gasteiger partial charge in [-0.05, 0) is 62.1 Å². The quantitative estimate of drug-likeness (QED) is 0.339. The van der Waals surface area contributed by atoms with Gasteiger partial charge < -0.3 is 9.80 Å². The summed E-state index contributed by atoms with van der Waals surface area (Å²) in [6.45, 7) is 6.91. The highest BCUT2D eigenvalue weighted by molar-refractivity contribution is 7.11. The molecule has 4 nitrogen and oxygen atoms in total. The average molecular weight is 481 g/mol. The molecule has 2 aromatic carbocycles. The predicted octanol–water partition coefficient (Wildman–Crippen LogP) is 5.98. The fourth-order valence-electron chi connectivity index (χ4n) is 3.80. The molecule has 3 rings (SSSR count). The van der Waals surface area contributed by atoms with Gasteiger partial charge in [-0.2, -0.15) is 0 Å². The lowest BCUT2D eigenvalue weighted by atomic mass is 10.1. The molecule has 1 aromatic heterocycles. The molecule has 0 aliphatic rings. The number of carbonyl (C=O) groups is 2. The van der Waals surface area contributed by atoms with Crippen LogP contribution in [0.15, 0.2) is 66.7 Å². The van der Waals surface area contributed by atoms with Gasteiger partial charge >= 0.3 is 0 Å². The second-order valence-electron chi connectivity index (χ2n) is 8.65. The molecule has 0 unspecified atom stereocenters. The summed E-state index contributed by atoms with van der Waals surface area (Å²) in [7, 11) is 0. The Labute approximate surface area is 206 Å². The van der Waals surface area contributed by atoms with Crippen LogP contribution in [-0.4, -0.2) is 34.2 Å². The minimum atomic E-state index is -0.303. The molecule has 6 heteroatoms. The Kier molecular flexibility index (Phi) is 9.40. The fraction of sp³-hybridized carbons (Fsp3) is 0.357. The number of carbonyl (C=O) groups excluding carboxylic acids is 2. The molecule has 0 saturated heterocycles. The molecule has 0 aliphatic carbocycles. The van der Waals surface area contributed by atoms with E-state index >= 15 is 0 Å². The lowest BCUT2D eigenvalue weighted by Gasteiger charge is -2.31. The summed E-state index contributed by atoms with van der Waals surface area (Å²) < 4.78 is 13.4. The Hall–Kier alpha value is -2.99. The van der Waals surface area contributed by atoms with E-state index in [0.717, 1.165) is 22.4 Å². The van der Waals surface area contributed by atoms with Crippen LogP contribution in [0.4, 0.5) is 4.39 Å². The number of halogens is 1. The lowest BCUT2D eigenvalue weighted by Crippen LogP contribution is -2.46. The van der Waals surface area contributed by atoms with E-state index in [1.165, 1.54) is 17.0 Å². The second kappa shape index (κ2) is 12.5. The van der Waals surface area contributed by atoms with Crippen LogP contribution in [0, 0.1) is 12.7 Å². The molecule has 0 spiro atoms. The Morgan fingerprint density at radius 2 is 1.62 bits per heavy atom. The second-order valence-corrected chi connectivity index (χ2v) is 10.0. The third-order valence-corrected chi connectivity index (χ3v) is 6.99. The SMILES string of the molecule is CC[C@@H](C)N(CC(=O)N(Cc1ccc(F)cc1)Cc1ccc(C)s1)C(=O)CCc1ccccc1. The number of aryl methyl sites for hydroxylation is 2. The van der Waals surface area contributed by atoms with Crippen molar-refractivity contribution in [3.8, 4) is 0 Å². The van der Waals surface area contributed by atoms with Gasteiger partial charge in [-0.1, -0.05) is 49.4 Å². The third kappa shape index (κ3) is 7.52. The van der Waals surface area contributed by atoms with E-state index in [1.54, 1.807) is 33.3 Å². The highest BCUT2D eigenvalue weighted by Crippen LogP contribution is 2.20. The van der Waals surface area contributed by atoms with Gasteiger partial charge in [-0.25, -0.2) is 4.39 Å². The van der Waals surface area contributed by atoms with E-state index in [-0.39, 0.29) is 30.2 Å². The molecule has 0 saturated carbocycles. The molecular weight excluding hydrogens is 447 g/mol. The molecule has 0 aliphatic heterocycles. The number of rotatable bonds is 11. The monoisotopic (exact) mass is 480 g/mol. The molecule has 0 N–H and O–H groups in total. The number of thiophene rings is 1. The first-order chi connectivity index (χ1) is 16.4. The lowest BCUT2D eigenvalue weighted by molar-refractivity contribution is -0.143. The molecule has 34 heavy (non-hydrogen) atoms. The van der Waals surface area contributed by atoms with Crippen LogP contribution in [-0.2, 0) is 29.1 Å². The smallest absolute Gasteiger partial charge is 0.242 e. The van der Waals surface area contributed by atoms with Gasteiger partial charge in [0.05, 0.1) is 6.54 Å². The zero-order valence-electron chi connectivity index (χ0n) is 20.2. The van der Waals surface area contributed by atoms with Crippen LogP contribution in [0.1, 0.15) is 47.6 Å². The highest BCUT2D eigenvalue weighted by atomic mass is 32.1. The normalized spacial score (nSPS) is 11.8. The molecule has 2 amide bonds. The Morgan fingerprint density at radius 3 is 2.24 bits per heavy atom. The van der Waals surface area contributed by atoms with Crippen molar-refractivity contribution in [2.75, 3.05) is 6.54 Å². The van der Waals surface area contributed by atoms with Crippen LogP contribution in [0.25, 0.3) is 0 Å². The van der Waals surface area contributed by atoms with Gasteiger partial charge in [-0.3, -0.25) is 9.59 Å². The van der Waals surface area contributed by atoms with Gasteiger partial charge in [0.15, 0.2) is 0 Å². The first kappa shape index (κ1) is 25.6. The van der Waals surface area contributed by atoms with Crippen LogP contribution >= 0.6 is 11.3 Å². The van der Waals surface area contributed by atoms with Crippen LogP contribution in [0.5, 0.6) is 0 Å². The van der Waals surface area contributed by atoms with Crippen molar-refractivity contribution in [2.45, 2.75) is 59.2 Å². The van der Waals surface area contributed by atoms with E-state index in [9.17, 15) is 14.0 Å². The van der Waals surface area contributed by atoms with Gasteiger partial charge in [0.1, 0.15) is 12.4 Å². The molecule has 0 fully saturated rings. The third-order valence-electron chi connectivity index (χ3n) is 6.00. The summed E-state index contributed by atoms with van der Waals surface area (Å²) in [5.41, 5.74) is 1.96. The van der Waals surface area contributed by atoms with E-state index < -0.39 is 0 Å². The van der Waals surface area contributed by atoms with Crippen LogP contribution in [0.2, 0.25) is 0 Å². The van der Waals surface area contributed by atoms with Gasteiger partial charge in [0.25, 0.3) is 0 Å². The fourth-order valence-corrected chi connectivity index (χ4v) is 4.70. The Morgan fingerprint density at radius 1 is 0.912 bits per heavy atom. The van der Waals surface area contributed by atoms with Crippen molar-refractivity contribution in [1.82, 2.24) is 9.80 Å². The van der Waals surface area contributed by atoms with Gasteiger partial charge in [0.2, 0.25) is 11.8 Å². The first-order valence-corrected chi connectivity index (χ1v) is 12.6. The van der Waals surface area contributed by atoms with Crippen molar-refractivity contribution in [2.24, 2.45) is 0 Å². The average Bonchev–Trinajstić information content (AvgIpc) is 3.26. The van der Waals surface area contributed by atoms with Gasteiger partial charge in [-0.15, -0.1) is 11.3 Å². The Balaban J connectivity index is 1.74. The zero-order valence-corrected chi connectivity index (χ0v) is 21.0.